The molecule has 0 saturated carbocycles. The predicted molar refractivity (Wildman–Crippen MR) is 99.0 cm³/mol. The molecule has 27 heavy (non-hydrogen) atoms. The molecule has 0 atom stereocenters. The number of rotatable bonds is 5. The van der Waals surface area contributed by atoms with Gasteiger partial charge in [-0.05, 0) is 36.8 Å². The molecule has 0 fully saturated rings. The van der Waals surface area contributed by atoms with Crippen LogP contribution in [-0.4, -0.2) is 17.1 Å². The Morgan fingerprint density at radius 3 is 2.56 bits per heavy atom. The van der Waals surface area contributed by atoms with Gasteiger partial charge in [0.25, 0.3) is 0 Å². The van der Waals surface area contributed by atoms with Gasteiger partial charge in [-0.1, -0.05) is 23.7 Å². The van der Waals surface area contributed by atoms with E-state index in [1.54, 1.807) is 23.6 Å². The predicted octanol–water partition coefficient (Wildman–Crippen LogP) is 4.09. The molecule has 0 aliphatic rings. The minimum absolute atomic E-state index is 0.112. The lowest BCUT2D eigenvalue weighted by Crippen LogP contribution is -2.20. The van der Waals surface area contributed by atoms with Gasteiger partial charge in [0.15, 0.2) is 5.43 Å². The maximum Gasteiger partial charge on any atom is 0.310 e. The summed E-state index contributed by atoms with van der Waals surface area (Å²) in [7, 11) is 0. The quantitative estimate of drug-likeness (QED) is 0.615. The highest BCUT2D eigenvalue weighted by molar-refractivity contribution is 6.31. The van der Waals surface area contributed by atoms with Crippen LogP contribution in [0.4, 0.5) is 8.78 Å². The first kappa shape index (κ1) is 19.0. The highest BCUT2D eigenvalue weighted by atomic mass is 35.5. The Bertz CT molecular complexity index is 1060. The van der Waals surface area contributed by atoms with Crippen molar-refractivity contribution in [1.82, 2.24) is 4.57 Å². The molecule has 0 spiro atoms. The molecule has 0 N–H and O–H groups in total. The molecule has 7 heteroatoms. The third-order valence-electron chi connectivity index (χ3n) is 4.10. The Kier molecular flexibility index (Phi) is 5.56. The molecule has 0 bridgehead atoms. The van der Waals surface area contributed by atoms with E-state index in [9.17, 15) is 18.4 Å². The van der Waals surface area contributed by atoms with Crippen LogP contribution in [0.3, 0.4) is 0 Å². The Labute approximate surface area is 158 Å². The zero-order valence-corrected chi connectivity index (χ0v) is 15.2. The van der Waals surface area contributed by atoms with Crippen molar-refractivity contribution < 1.29 is 18.3 Å². The van der Waals surface area contributed by atoms with Crippen molar-refractivity contribution in [2.24, 2.45) is 0 Å². The van der Waals surface area contributed by atoms with Crippen molar-refractivity contribution >= 4 is 28.5 Å². The standard InChI is InChI=1S/C20H16ClF2NO3/c1-2-27-19(25)7-13-11-24(10-12-3-5-14(22)6-4-12)18-9-16(21)17(23)8-15(18)20(13)26/h3-6,8-9,11H,2,7,10H2,1H3. The van der Waals surface area contributed by atoms with Crippen LogP contribution in [0.5, 0.6) is 0 Å². The molecule has 0 amide bonds. The summed E-state index contributed by atoms with van der Waals surface area (Å²) < 4.78 is 33.7. The van der Waals surface area contributed by atoms with Crippen molar-refractivity contribution in [2.45, 2.75) is 19.9 Å². The third-order valence-corrected chi connectivity index (χ3v) is 4.39. The van der Waals surface area contributed by atoms with E-state index in [0.29, 0.717) is 5.52 Å². The number of ether oxygens (including phenoxy) is 1. The van der Waals surface area contributed by atoms with Crippen LogP contribution >= 0.6 is 11.6 Å². The van der Waals surface area contributed by atoms with Crippen LogP contribution in [0.15, 0.2) is 47.4 Å². The number of esters is 1. The lowest BCUT2D eigenvalue weighted by molar-refractivity contribution is -0.142. The van der Waals surface area contributed by atoms with E-state index in [0.717, 1.165) is 11.6 Å². The van der Waals surface area contributed by atoms with Gasteiger partial charge in [0.2, 0.25) is 0 Å². The zero-order valence-electron chi connectivity index (χ0n) is 14.5. The number of carbonyl (C=O) groups is 1. The van der Waals surface area contributed by atoms with Gasteiger partial charge in [-0.25, -0.2) is 8.78 Å². The summed E-state index contributed by atoms with van der Waals surface area (Å²) in [5.74, 6) is -1.63. The van der Waals surface area contributed by atoms with Crippen LogP contribution in [0.1, 0.15) is 18.1 Å². The van der Waals surface area contributed by atoms with E-state index in [4.69, 9.17) is 16.3 Å². The molecular formula is C20H16ClF2NO3. The Morgan fingerprint density at radius 1 is 1.19 bits per heavy atom. The maximum atomic E-state index is 13.9. The van der Waals surface area contributed by atoms with Crippen LogP contribution in [-0.2, 0) is 22.5 Å². The summed E-state index contributed by atoms with van der Waals surface area (Å²) in [6, 6.07) is 8.30. The van der Waals surface area contributed by atoms with Crippen molar-refractivity contribution in [1.29, 1.82) is 0 Å². The van der Waals surface area contributed by atoms with Crippen molar-refractivity contribution in [3.8, 4) is 0 Å². The summed E-state index contributed by atoms with van der Waals surface area (Å²) in [4.78, 5) is 24.5. The van der Waals surface area contributed by atoms with Crippen LogP contribution < -0.4 is 5.43 Å². The molecule has 1 heterocycles. The Morgan fingerprint density at radius 2 is 1.89 bits per heavy atom. The first-order chi connectivity index (χ1) is 12.9. The average Bonchev–Trinajstić information content (AvgIpc) is 2.63. The number of hydrogen-bond donors (Lipinski definition) is 0. The summed E-state index contributed by atoms with van der Waals surface area (Å²) in [5, 5.41) is -0.00583. The van der Waals surface area contributed by atoms with Crippen LogP contribution in [0.25, 0.3) is 10.9 Å². The number of fused-ring (bicyclic) bond motifs is 1. The average molecular weight is 392 g/mol. The molecule has 1 aromatic heterocycles. The first-order valence-electron chi connectivity index (χ1n) is 8.30. The van der Waals surface area contributed by atoms with Gasteiger partial charge in [0.1, 0.15) is 11.6 Å². The highest BCUT2D eigenvalue weighted by Gasteiger charge is 2.15. The second kappa shape index (κ2) is 7.88. The molecule has 4 nitrogen and oxygen atoms in total. The molecule has 2 aromatic carbocycles. The van der Waals surface area contributed by atoms with Gasteiger partial charge >= 0.3 is 5.97 Å². The molecule has 0 unspecified atom stereocenters. The van der Waals surface area contributed by atoms with Crippen molar-refractivity contribution in [2.75, 3.05) is 6.61 Å². The second-order valence-electron chi connectivity index (χ2n) is 6.00. The molecule has 140 valence electrons. The summed E-state index contributed by atoms with van der Waals surface area (Å²) in [5.41, 5.74) is 0.918. The second-order valence-corrected chi connectivity index (χ2v) is 6.41. The fraction of sp³-hybridized carbons (Fsp3) is 0.200. The zero-order chi connectivity index (χ0) is 19.6. The normalized spacial score (nSPS) is 11.0. The summed E-state index contributed by atoms with van der Waals surface area (Å²) >= 11 is 5.89. The first-order valence-corrected chi connectivity index (χ1v) is 8.68. The monoisotopic (exact) mass is 391 g/mol. The SMILES string of the molecule is CCOC(=O)Cc1cn(Cc2ccc(F)cc2)c2cc(Cl)c(F)cc2c1=O. The van der Waals surface area contributed by atoms with Crippen molar-refractivity contribution in [3.05, 3.63) is 80.6 Å². The molecule has 0 aliphatic carbocycles. The van der Waals surface area contributed by atoms with Crippen LogP contribution in [0.2, 0.25) is 5.02 Å². The van der Waals surface area contributed by atoms with E-state index in [-0.39, 0.29) is 41.4 Å². The van der Waals surface area contributed by atoms with E-state index in [2.05, 4.69) is 0 Å². The van der Waals surface area contributed by atoms with E-state index in [1.165, 1.54) is 24.4 Å². The van der Waals surface area contributed by atoms with Gasteiger partial charge in [-0.2, -0.15) is 0 Å². The van der Waals surface area contributed by atoms with Gasteiger partial charge in [-0.15, -0.1) is 0 Å². The summed E-state index contributed by atoms with van der Waals surface area (Å²) in [6.07, 6.45) is 1.30. The number of pyridine rings is 1. The number of aromatic nitrogens is 1. The third kappa shape index (κ3) is 4.17. The molecule has 0 saturated heterocycles. The Balaban J connectivity index is 2.15. The maximum absolute atomic E-state index is 13.9. The van der Waals surface area contributed by atoms with Gasteiger partial charge < -0.3 is 9.30 Å². The molecular weight excluding hydrogens is 376 g/mol. The number of benzene rings is 2. The number of carbonyl (C=O) groups excluding carboxylic acids is 1. The fourth-order valence-electron chi connectivity index (χ4n) is 2.86. The van der Waals surface area contributed by atoms with Gasteiger partial charge in [0, 0.05) is 23.7 Å². The van der Waals surface area contributed by atoms with Gasteiger partial charge in [-0.3, -0.25) is 9.59 Å². The number of hydrogen-bond acceptors (Lipinski definition) is 3. The lowest BCUT2D eigenvalue weighted by atomic mass is 10.1. The van der Waals surface area contributed by atoms with Crippen LogP contribution in [0, 0.1) is 11.6 Å². The lowest BCUT2D eigenvalue weighted by Gasteiger charge is -2.14. The minimum Gasteiger partial charge on any atom is -0.466 e. The molecule has 3 aromatic rings. The van der Waals surface area contributed by atoms with E-state index >= 15 is 0 Å². The van der Waals surface area contributed by atoms with E-state index in [1.807, 2.05) is 0 Å². The molecule has 0 aliphatic heterocycles. The Hall–Kier alpha value is -2.73. The largest absolute Gasteiger partial charge is 0.466 e. The summed E-state index contributed by atoms with van der Waals surface area (Å²) in [6.45, 7) is 2.15. The minimum atomic E-state index is -0.720. The molecule has 3 rings (SSSR count). The smallest absolute Gasteiger partial charge is 0.310 e. The van der Waals surface area contributed by atoms with Gasteiger partial charge in [0.05, 0.1) is 23.6 Å². The number of nitrogens with zero attached hydrogens (tertiary/aromatic N) is 1. The van der Waals surface area contributed by atoms with E-state index < -0.39 is 17.2 Å². The fourth-order valence-corrected chi connectivity index (χ4v) is 3.01. The topological polar surface area (TPSA) is 48.3 Å². The highest BCUT2D eigenvalue weighted by Crippen LogP contribution is 2.22. The molecule has 0 radical (unpaired) electrons. The van der Waals surface area contributed by atoms with Crippen molar-refractivity contribution in [3.63, 3.8) is 0 Å². The number of halogens is 3.